The van der Waals surface area contributed by atoms with Crippen molar-refractivity contribution < 1.29 is 0 Å². The first-order valence-corrected chi connectivity index (χ1v) is 5.79. The van der Waals surface area contributed by atoms with Crippen LogP contribution in [-0.4, -0.2) is 7.05 Å². The Kier molecular flexibility index (Phi) is 4.41. The van der Waals surface area contributed by atoms with Crippen LogP contribution in [0.1, 0.15) is 18.5 Å². The van der Waals surface area contributed by atoms with E-state index in [4.69, 9.17) is 11.6 Å². The van der Waals surface area contributed by atoms with Crippen molar-refractivity contribution in [2.45, 2.75) is 13.0 Å². The van der Waals surface area contributed by atoms with E-state index < -0.39 is 0 Å². The molecule has 0 saturated heterocycles. The van der Waals surface area contributed by atoms with E-state index in [1.54, 1.807) is 0 Å². The van der Waals surface area contributed by atoms with Crippen LogP contribution in [0, 0.1) is 3.57 Å². The highest BCUT2D eigenvalue weighted by atomic mass is 127. The van der Waals surface area contributed by atoms with Crippen LogP contribution in [0.25, 0.3) is 0 Å². The van der Waals surface area contributed by atoms with Crippen molar-refractivity contribution in [1.82, 2.24) is 5.32 Å². The molecule has 0 spiro atoms. The highest BCUT2D eigenvalue weighted by Crippen LogP contribution is 2.27. The van der Waals surface area contributed by atoms with Gasteiger partial charge in [0.2, 0.25) is 0 Å². The molecule has 0 aliphatic carbocycles. The van der Waals surface area contributed by atoms with E-state index in [2.05, 4.69) is 34.5 Å². The molecule has 3 heteroatoms. The first kappa shape index (κ1) is 12.0. The van der Waals surface area contributed by atoms with Gasteiger partial charge in [-0.15, -0.1) is 0 Å². The van der Waals surface area contributed by atoms with Gasteiger partial charge in [0, 0.05) is 8.59 Å². The Hall–Kier alpha value is -0.0600. The summed E-state index contributed by atoms with van der Waals surface area (Å²) in [6.07, 6.45) is 0. The maximum Gasteiger partial charge on any atom is 0.0539 e. The second-order valence-corrected chi connectivity index (χ2v) is 4.83. The summed E-state index contributed by atoms with van der Waals surface area (Å²) in [5.41, 5.74) is 2.28. The third kappa shape index (κ3) is 2.72. The van der Waals surface area contributed by atoms with Crippen LogP contribution in [-0.2, 0) is 0 Å². The molecule has 1 nitrogen and oxygen atoms in total. The molecular formula is C11H13ClIN. The summed E-state index contributed by atoms with van der Waals surface area (Å²) in [6.45, 7) is 5.98. The lowest BCUT2D eigenvalue weighted by atomic mass is 10.0. The molecular weight excluding hydrogens is 308 g/mol. The van der Waals surface area contributed by atoms with Gasteiger partial charge in [0.15, 0.2) is 0 Å². The molecule has 0 aromatic heterocycles. The molecule has 1 unspecified atom stereocenters. The number of nitrogens with one attached hydrogen (secondary N) is 1. The number of halogens is 2. The largest absolute Gasteiger partial charge is 0.310 e. The van der Waals surface area contributed by atoms with Gasteiger partial charge < -0.3 is 5.32 Å². The SMILES string of the molecule is C=C(C)C(NC)c1cc(Cl)ccc1I. The van der Waals surface area contributed by atoms with Crippen molar-refractivity contribution in [3.05, 3.63) is 44.5 Å². The lowest BCUT2D eigenvalue weighted by molar-refractivity contribution is 0.677. The molecule has 1 N–H and O–H groups in total. The number of hydrogen-bond acceptors (Lipinski definition) is 1. The molecule has 1 atom stereocenters. The monoisotopic (exact) mass is 321 g/mol. The van der Waals surface area contributed by atoms with Crippen molar-refractivity contribution in [3.8, 4) is 0 Å². The Bertz CT molecular complexity index is 349. The van der Waals surface area contributed by atoms with Crippen LogP contribution in [0.2, 0.25) is 5.02 Å². The smallest absolute Gasteiger partial charge is 0.0539 e. The quantitative estimate of drug-likeness (QED) is 0.660. The normalized spacial score (nSPS) is 12.6. The van der Waals surface area contributed by atoms with E-state index >= 15 is 0 Å². The van der Waals surface area contributed by atoms with Crippen LogP contribution in [0.3, 0.4) is 0 Å². The molecule has 0 fully saturated rings. The Morgan fingerprint density at radius 1 is 1.57 bits per heavy atom. The minimum atomic E-state index is 0.181. The Balaban J connectivity index is 3.15. The average Bonchev–Trinajstić information content (AvgIpc) is 2.11. The van der Waals surface area contributed by atoms with Gasteiger partial charge in [-0.05, 0) is 60.3 Å². The summed E-state index contributed by atoms with van der Waals surface area (Å²) in [4.78, 5) is 0. The van der Waals surface area contributed by atoms with Crippen LogP contribution in [0.5, 0.6) is 0 Å². The topological polar surface area (TPSA) is 12.0 Å². The Labute approximate surface area is 104 Å². The van der Waals surface area contributed by atoms with E-state index in [9.17, 15) is 0 Å². The van der Waals surface area contributed by atoms with Crippen molar-refractivity contribution in [2.24, 2.45) is 0 Å². The first-order chi connectivity index (χ1) is 6.56. The lowest BCUT2D eigenvalue weighted by Crippen LogP contribution is -2.18. The van der Waals surface area contributed by atoms with Gasteiger partial charge in [0.1, 0.15) is 0 Å². The van der Waals surface area contributed by atoms with Crippen molar-refractivity contribution >= 4 is 34.2 Å². The van der Waals surface area contributed by atoms with Gasteiger partial charge in [0.25, 0.3) is 0 Å². The molecule has 0 radical (unpaired) electrons. The second kappa shape index (κ2) is 5.14. The highest BCUT2D eigenvalue weighted by molar-refractivity contribution is 14.1. The average molecular weight is 322 g/mol. The fourth-order valence-corrected chi connectivity index (χ4v) is 2.23. The zero-order chi connectivity index (χ0) is 10.7. The molecule has 0 aliphatic rings. The predicted molar refractivity (Wildman–Crippen MR) is 70.8 cm³/mol. The highest BCUT2D eigenvalue weighted by Gasteiger charge is 2.13. The summed E-state index contributed by atoms with van der Waals surface area (Å²) < 4.78 is 1.20. The summed E-state index contributed by atoms with van der Waals surface area (Å²) in [5, 5.41) is 3.99. The van der Waals surface area contributed by atoms with Crippen LogP contribution >= 0.6 is 34.2 Å². The minimum absolute atomic E-state index is 0.181. The molecule has 1 aromatic rings. The molecule has 1 aromatic carbocycles. The fourth-order valence-electron chi connectivity index (χ4n) is 1.40. The van der Waals surface area contributed by atoms with E-state index in [1.807, 2.05) is 32.2 Å². The summed E-state index contributed by atoms with van der Waals surface area (Å²) in [5.74, 6) is 0. The minimum Gasteiger partial charge on any atom is -0.310 e. The fraction of sp³-hybridized carbons (Fsp3) is 0.273. The van der Waals surface area contributed by atoms with Crippen LogP contribution in [0.15, 0.2) is 30.4 Å². The number of rotatable bonds is 3. The number of hydrogen-bond donors (Lipinski definition) is 1. The number of benzene rings is 1. The van der Waals surface area contributed by atoms with Gasteiger partial charge in [-0.1, -0.05) is 23.8 Å². The molecule has 0 heterocycles. The Morgan fingerprint density at radius 2 is 2.21 bits per heavy atom. The van der Waals surface area contributed by atoms with Crippen molar-refractivity contribution in [1.29, 1.82) is 0 Å². The summed E-state index contributed by atoms with van der Waals surface area (Å²) in [7, 11) is 1.93. The van der Waals surface area contributed by atoms with Crippen LogP contribution < -0.4 is 5.32 Å². The lowest BCUT2D eigenvalue weighted by Gasteiger charge is -2.18. The first-order valence-electron chi connectivity index (χ1n) is 4.34. The summed E-state index contributed by atoms with van der Waals surface area (Å²) >= 11 is 8.27. The van der Waals surface area contributed by atoms with Gasteiger partial charge in [-0.3, -0.25) is 0 Å². The third-order valence-corrected chi connectivity index (χ3v) is 3.27. The zero-order valence-electron chi connectivity index (χ0n) is 8.27. The van der Waals surface area contributed by atoms with E-state index in [-0.39, 0.29) is 6.04 Å². The summed E-state index contributed by atoms with van der Waals surface area (Å²) in [6, 6.07) is 6.09. The molecule has 1 rings (SSSR count). The number of likely N-dealkylation sites (N-methyl/N-ethyl adjacent to an activating group) is 1. The Morgan fingerprint density at radius 3 is 2.71 bits per heavy atom. The van der Waals surface area contributed by atoms with Crippen molar-refractivity contribution in [2.75, 3.05) is 7.05 Å². The second-order valence-electron chi connectivity index (χ2n) is 3.23. The van der Waals surface area contributed by atoms with Crippen LogP contribution in [0.4, 0.5) is 0 Å². The van der Waals surface area contributed by atoms with Crippen molar-refractivity contribution in [3.63, 3.8) is 0 Å². The molecule has 0 aliphatic heterocycles. The standard InChI is InChI=1S/C11H13ClIN/c1-7(2)11(14-3)9-6-8(12)4-5-10(9)13/h4-6,11,14H,1H2,2-3H3. The molecule has 76 valence electrons. The predicted octanol–water partition coefficient (Wildman–Crippen LogP) is 3.78. The zero-order valence-corrected chi connectivity index (χ0v) is 11.2. The molecule has 0 amide bonds. The molecule has 14 heavy (non-hydrogen) atoms. The molecule has 0 bridgehead atoms. The van der Waals surface area contributed by atoms with E-state index in [0.29, 0.717) is 0 Å². The van der Waals surface area contributed by atoms with Gasteiger partial charge in [-0.2, -0.15) is 0 Å². The molecule has 0 saturated carbocycles. The van der Waals surface area contributed by atoms with Gasteiger partial charge >= 0.3 is 0 Å². The third-order valence-electron chi connectivity index (χ3n) is 2.05. The van der Waals surface area contributed by atoms with Gasteiger partial charge in [-0.25, -0.2) is 0 Å². The maximum atomic E-state index is 5.96. The maximum absolute atomic E-state index is 5.96. The van der Waals surface area contributed by atoms with E-state index in [0.717, 1.165) is 10.6 Å². The van der Waals surface area contributed by atoms with Gasteiger partial charge in [0.05, 0.1) is 6.04 Å². The van der Waals surface area contributed by atoms with E-state index in [1.165, 1.54) is 9.13 Å².